The van der Waals surface area contributed by atoms with Gasteiger partial charge in [0, 0.05) is 23.5 Å². The Kier molecular flexibility index (Phi) is 7.60. The molecule has 3 heterocycles. The Balaban J connectivity index is 1.35. The maximum Gasteiger partial charge on any atom is 0.261 e. The minimum atomic E-state index is -4.05. The number of thiophene rings is 1. The molecular formula is C30H27FN4O3S3. The molecule has 0 aliphatic carbocycles. The van der Waals surface area contributed by atoms with Crippen molar-refractivity contribution in [2.75, 3.05) is 23.1 Å². The first kappa shape index (κ1) is 27.5. The zero-order chi connectivity index (χ0) is 28.6. The Morgan fingerprint density at radius 3 is 2.56 bits per heavy atom. The Morgan fingerprint density at radius 1 is 1.02 bits per heavy atom. The number of carbonyl (C=O) groups excluding carboxylic acids is 1. The highest BCUT2D eigenvalue weighted by Crippen LogP contribution is 2.46. The summed E-state index contributed by atoms with van der Waals surface area (Å²) in [5, 5.41) is 4.65. The van der Waals surface area contributed by atoms with E-state index in [-0.39, 0.29) is 16.1 Å². The molecule has 0 saturated carbocycles. The highest BCUT2D eigenvalue weighted by atomic mass is 32.2. The first-order valence-electron chi connectivity index (χ1n) is 13.2. The predicted molar refractivity (Wildman–Crippen MR) is 164 cm³/mol. The molecule has 3 aromatic carbocycles. The van der Waals surface area contributed by atoms with Gasteiger partial charge in [0.1, 0.15) is 15.8 Å². The van der Waals surface area contributed by atoms with Crippen molar-refractivity contribution < 1.29 is 17.6 Å². The summed E-state index contributed by atoms with van der Waals surface area (Å²) in [4.78, 5) is 22.2. The van der Waals surface area contributed by atoms with Crippen molar-refractivity contribution in [3.05, 3.63) is 94.6 Å². The van der Waals surface area contributed by atoms with Crippen molar-refractivity contribution in [3.8, 4) is 10.6 Å². The van der Waals surface area contributed by atoms with Crippen LogP contribution in [0.2, 0.25) is 0 Å². The number of rotatable bonds is 8. The number of fused-ring (bicyclic) bond motifs is 2. The fourth-order valence-corrected chi connectivity index (χ4v) is 8.49. The van der Waals surface area contributed by atoms with Gasteiger partial charge in [-0.15, -0.1) is 22.7 Å². The third-order valence-electron chi connectivity index (χ3n) is 6.95. The monoisotopic (exact) mass is 606 g/mol. The molecule has 0 unspecified atom stereocenters. The van der Waals surface area contributed by atoms with E-state index >= 15 is 0 Å². The summed E-state index contributed by atoms with van der Waals surface area (Å²) in [5.74, 6) is -0.974. The van der Waals surface area contributed by atoms with Crippen LogP contribution >= 0.6 is 22.7 Å². The van der Waals surface area contributed by atoms with E-state index in [9.17, 15) is 17.6 Å². The first-order valence-corrected chi connectivity index (χ1v) is 16.4. The third-order valence-corrected chi connectivity index (χ3v) is 10.5. The standard InChI is InChI=1S/C30H27FN4O3S3/c1-2-16-35-17-15-22-26(18-35)40-30(27(22)29-32-24-9-5-6-10-25(24)39-29)33-28(36)21-7-3-4-8-23(21)34-41(37,38)20-13-11-19(31)12-14-20/h3-14,34H,2,15-18H2,1H3,(H,33,36). The lowest BCUT2D eigenvalue weighted by atomic mass is 10.0. The summed E-state index contributed by atoms with van der Waals surface area (Å²) in [5.41, 5.74) is 3.37. The average molecular weight is 607 g/mol. The number of thiazole rings is 1. The van der Waals surface area contributed by atoms with Gasteiger partial charge in [0.15, 0.2) is 0 Å². The van der Waals surface area contributed by atoms with E-state index in [1.807, 2.05) is 24.3 Å². The van der Waals surface area contributed by atoms with Gasteiger partial charge in [0.05, 0.1) is 26.4 Å². The molecule has 6 rings (SSSR count). The molecule has 0 radical (unpaired) electrons. The molecule has 0 saturated heterocycles. The van der Waals surface area contributed by atoms with Crippen molar-refractivity contribution in [1.82, 2.24) is 9.88 Å². The molecule has 41 heavy (non-hydrogen) atoms. The van der Waals surface area contributed by atoms with Crippen LogP contribution in [0.1, 0.15) is 34.1 Å². The van der Waals surface area contributed by atoms with Gasteiger partial charge < -0.3 is 5.32 Å². The summed E-state index contributed by atoms with van der Waals surface area (Å²) in [6.45, 7) is 4.94. The van der Waals surface area contributed by atoms with Gasteiger partial charge in [0.25, 0.3) is 15.9 Å². The minimum Gasteiger partial charge on any atom is -0.313 e. The molecule has 0 bridgehead atoms. The van der Waals surface area contributed by atoms with Gasteiger partial charge in [-0.1, -0.05) is 31.2 Å². The van der Waals surface area contributed by atoms with Crippen LogP contribution in [-0.4, -0.2) is 37.3 Å². The van der Waals surface area contributed by atoms with Gasteiger partial charge >= 0.3 is 0 Å². The van der Waals surface area contributed by atoms with Crippen LogP contribution in [0.25, 0.3) is 20.8 Å². The highest BCUT2D eigenvalue weighted by Gasteiger charge is 2.28. The van der Waals surface area contributed by atoms with E-state index < -0.39 is 21.7 Å². The summed E-state index contributed by atoms with van der Waals surface area (Å²) in [6.07, 6.45) is 1.93. The number of anilines is 2. The molecule has 2 aromatic heterocycles. The van der Waals surface area contributed by atoms with Crippen molar-refractivity contribution in [3.63, 3.8) is 0 Å². The van der Waals surface area contributed by atoms with Gasteiger partial charge in [0.2, 0.25) is 0 Å². The molecule has 7 nitrogen and oxygen atoms in total. The Hall–Kier alpha value is -3.64. The molecule has 0 fully saturated rings. The molecule has 5 aromatic rings. The number of sulfonamides is 1. The van der Waals surface area contributed by atoms with E-state index in [0.717, 1.165) is 65.4 Å². The molecule has 1 aliphatic heterocycles. The van der Waals surface area contributed by atoms with Crippen LogP contribution in [-0.2, 0) is 23.0 Å². The van der Waals surface area contributed by atoms with Crippen LogP contribution in [0.5, 0.6) is 0 Å². The smallest absolute Gasteiger partial charge is 0.261 e. The largest absolute Gasteiger partial charge is 0.313 e. The van der Waals surface area contributed by atoms with Crippen LogP contribution in [0, 0.1) is 5.82 Å². The normalized spacial score (nSPS) is 13.7. The van der Waals surface area contributed by atoms with E-state index in [1.54, 1.807) is 40.9 Å². The lowest BCUT2D eigenvalue weighted by molar-refractivity contribution is 0.102. The summed E-state index contributed by atoms with van der Waals surface area (Å²) < 4.78 is 43.0. The van der Waals surface area contributed by atoms with E-state index in [0.29, 0.717) is 5.00 Å². The quantitative estimate of drug-likeness (QED) is 0.199. The highest BCUT2D eigenvalue weighted by molar-refractivity contribution is 7.92. The number of nitrogens with zero attached hydrogens (tertiary/aromatic N) is 2. The van der Waals surface area contributed by atoms with Gasteiger partial charge in [-0.05, 0) is 73.5 Å². The number of nitrogens with one attached hydrogen (secondary N) is 2. The number of hydrogen-bond donors (Lipinski definition) is 2. The minimum absolute atomic E-state index is 0.102. The Bertz CT molecular complexity index is 1820. The molecule has 2 N–H and O–H groups in total. The van der Waals surface area contributed by atoms with Crippen LogP contribution in [0.15, 0.2) is 77.7 Å². The maximum absolute atomic E-state index is 13.7. The van der Waals surface area contributed by atoms with Gasteiger partial charge in [-0.3, -0.25) is 14.4 Å². The van der Waals surface area contributed by atoms with Crippen LogP contribution in [0.4, 0.5) is 15.1 Å². The van der Waals surface area contributed by atoms with Crippen LogP contribution in [0.3, 0.4) is 0 Å². The van der Waals surface area contributed by atoms with Crippen LogP contribution < -0.4 is 10.0 Å². The van der Waals surface area contributed by atoms with Crippen molar-refractivity contribution in [1.29, 1.82) is 0 Å². The van der Waals surface area contributed by atoms with Crippen molar-refractivity contribution in [2.24, 2.45) is 0 Å². The fraction of sp³-hybridized carbons (Fsp3) is 0.200. The number of hydrogen-bond acceptors (Lipinski definition) is 7. The topological polar surface area (TPSA) is 91.4 Å². The number of amides is 1. The number of aromatic nitrogens is 1. The molecule has 11 heteroatoms. The predicted octanol–water partition coefficient (Wildman–Crippen LogP) is 6.99. The average Bonchev–Trinajstić information content (AvgIpc) is 3.54. The van der Waals surface area contributed by atoms with Gasteiger partial charge in [-0.2, -0.15) is 0 Å². The lowest BCUT2D eigenvalue weighted by Crippen LogP contribution is -2.30. The lowest BCUT2D eigenvalue weighted by Gasteiger charge is -2.26. The van der Waals surface area contributed by atoms with Crippen molar-refractivity contribution >= 4 is 59.5 Å². The number of halogens is 1. The number of benzene rings is 3. The molecule has 1 amide bonds. The van der Waals surface area contributed by atoms with E-state index in [1.165, 1.54) is 28.6 Å². The molecule has 0 spiro atoms. The van der Waals surface area contributed by atoms with Crippen molar-refractivity contribution in [2.45, 2.75) is 31.2 Å². The second kappa shape index (κ2) is 11.3. The second-order valence-corrected chi connectivity index (χ2v) is 13.6. The Labute approximate surface area is 245 Å². The summed E-state index contributed by atoms with van der Waals surface area (Å²) >= 11 is 3.15. The van der Waals surface area contributed by atoms with E-state index in [2.05, 4.69) is 21.9 Å². The first-order chi connectivity index (χ1) is 19.8. The molecule has 210 valence electrons. The van der Waals surface area contributed by atoms with E-state index in [4.69, 9.17) is 4.98 Å². The molecular weight excluding hydrogens is 580 g/mol. The number of carbonyl (C=O) groups is 1. The summed E-state index contributed by atoms with van der Waals surface area (Å²) in [7, 11) is -4.05. The number of para-hydroxylation sites is 2. The zero-order valence-corrected chi connectivity index (χ0v) is 24.6. The maximum atomic E-state index is 13.7. The Morgan fingerprint density at radius 2 is 1.78 bits per heavy atom. The zero-order valence-electron chi connectivity index (χ0n) is 22.2. The SMILES string of the molecule is CCCN1CCc2c(sc(NC(=O)c3ccccc3NS(=O)(=O)c3ccc(F)cc3)c2-c2nc3ccccc3s2)C1. The fourth-order valence-electron chi connectivity index (χ4n) is 5.01. The third kappa shape index (κ3) is 5.62. The van der Waals surface area contributed by atoms with Gasteiger partial charge in [-0.25, -0.2) is 17.8 Å². The molecule has 1 aliphatic rings. The second-order valence-electron chi connectivity index (χ2n) is 9.78. The summed E-state index contributed by atoms with van der Waals surface area (Å²) in [6, 6.07) is 18.9. The molecule has 0 atom stereocenters.